The first-order chi connectivity index (χ1) is 9.38. The molecule has 20 heavy (non-hydrogen) atoms. The van der Waals surface area contributed by atoms with Gasteiger partial charge in [0.1, 0.15) is 0 Å². The number of rotatable bonds is 4. The Morgan fingerprint density at radius 1 is 1.20 bits per heavy atom. The Morgan fingerprint density at radius 3 is 2.45 bits per heavy atom. The van der Waals surface area contributed by atoms with E-state index in [2.05, 4.69) is 9.73 Å². The Hall–Kier alpha value is -1.28. The van der Waals surface area contributed by atoms with Crippen LogP contribution in [0.25, 0.3) is 0 Å². The zero-order chi connectivity index (χ0) is 14.8. The third kappa shape index (κ3) is 3.63. The van der Waals surface area contributed by atoms with E-state index >= 15 is 0 Å². The molecular formula is C13H19N3O3S. The lowest BCUT2D eigenvalue weighted by Gasteiger charge is -2.32. The molecule has 1 aliphatic heterocycles. The summed E-state index contributed by atoms with van der Waals surface area (Å²) in [5.74, 6) is -0.151. The lowest BCUT2D eigenvalue weighted by atomic mass is 10.2. The predicted octanol–water partition coefficient (Wildman–Crippen LogP) is 0.330. The molecule has 1 N–H and O–H groups in total. The van der Waals surface area contributed by atoms with Crippen molar-refractivity contribution in [2.24, 2.45) is 0 Å². The van der Waals surface area contributed by atoms with Crippen LogP contribution in [0.2, 0.25) is 0 Å². The molecule has 0 bridgehead atoms. The van der Waals surface area contributed by atoms with E-state index in [-0.39, 0.29) is 10.7 Å². The maximum atomic E-state index is 12.3. The van der Waals surface area contributed by atoms with Crippen LogP contribution in [0.1, 0.15) is 17.3 Å². The molecule has 0 spiro atoms. The van der Waals surface area contributed by atoms with Crippen LogP contribution in [0, 0.1) is 0 Å². The molecule has 0 aliphatic carbocycles. The second kappa shape index (κ2) is 6.01. The minimum atomic E-state index is -3.63. The number of hydrogen-bond donors (Lipinski definition) is 1. The summed E-state index contributed by atoms with van der Waals surface area (Å²) in [7, 11) is -1.63. The second-order valence-corrected chi connectivity index (χ2v) is 6.63. The number of Topliss-reactive ketones (excluding diaryl/α,β-unsaturated/α-hetero) is 1. The fourth-order valence-corrected chi connectivity index (χ4v) is 3.17. The van der Waals surface area contributed by atoms with Crippen molar-refractivity contribution in [1.82, 2.24) is 14.7 Å². The van der Waals surface area contributed by atoms with Crippen molar-refractivity contribution in [3.63, 3.8) is 0 Å². The Bertz CT molecular complexity index is 593. The van der Waals surface area contributed by atoms with E-state index in [1.54, 1.807) is 17.1 Å². The van der Waals surface area contributed by atoms with E-state index in [4.69, 9.17) is 0 Å². The summed E-state index contributed by atoms with van der Waals surface area (Å²) in [4.78, 5) is 16.1. The van der Waals surface area contributed by atoms with Gasteiger partial charge in [-0.1, -0.05) is 12.1 Å². The van der Waals surface area contributed by atoms with Crippen molar-refractivity contribution in [1.29, 1.82) is 0 Å². The molecule has 0 radical (unpaired) electrons. The van der Waals surface area contributed by atoms with Gasteiger partial charge in [0.2, 0.25) is 0 Å². The van der Waals surface area contributed by atoms with Crippen LogP contribution in [0.5, 0.6) is 0 Å². The van der Waals surface area contributed by atoms with Gasteiger partial charge >= 0.3 is 0 Å². The molecule has 0 saturated carbocycles. The van der Waals surface area contributed by atoms with Gasteiger partial charge < -0.3 is 4.90 Å². The summed E-state index contributed by atoms with van der Waals surface area (Å²) in [6.45, 7) is 4.33. The highest BCUT2D eigenvalue weighted by Gasteiger charge is 2.21. The number of ketones is 1. The van der Waals surface area contributed by atoms with Gasteiger partial charge in [-0.2, -0.15) is 0 Å². The van der Waals surface area contributed by atoms with E-state index in [1.807, 2.05) is 7.05 Å². The zero-order valence-corrected chi connectivity index (χ0v) is 12.5. The third-order valence-electron chi connectivity index (χ3n) is 3.30. The van der Waals surface area contributed by atoms with Gasteiger partial charge in [-0.05, 0) is 26.1 Å². The van der Waals surface area contributed by atoms with Crippen molar-refractivity contribution >= 4 is 15.8 Å². The van der Waals surface area contributed by atoms with Gasteiger partial charge in [0.25, 0.3) is 10.0 Å². The number of nitrogens with one attached hydrogen (secondary N) is 1. The molecule has 6 nitrogen and oxygen atoms in total. The second-order valence-electron chi connectivity index (χ2n) is 4.97. The molecule has 110 valence electrons. The SMILES string of the molecule is CC(=O)c1cccc(S(=O)(=O)NN2CCN(C)CC2)c1. The van der Waals surface area contributed by atoms with Crippen LogP contribution in [0.15, 0.2) is 29.2 Å². The number of nitrogens with zero attached hydrogens (tertiary/aromatic N) is 2. The number of piperazine rings is 1. The van der Waals surface area contributed by atoms with E-state index in [0.717, 1.165) is 13.1 Å². The number of hydrogen-bond acceptors (Lipinski definition) is 5. The molecule has 0 unspecified atom stereocenters. The number of carbonyl (C=O) groups excluding carboxylic acids is 1. The molecule has 1 heterocycles. The minimum absolute atomic E-state index is 0.115. The first-order valence-corrected chi connectivity index (χ1v) is 7.94. The van der Waals surface area contributed by atoms with Crippen LogP contribution in [0.3, 0.4) is 0 Å². The fraction of sp³-hybridized carbons (Fsp3) is 0.462. The molecule has 1 aromatic carbocycles. The molecular weight excluding hydrogens is 278 g/mol. The van der Waals surface area contributed by atoms with Gasteiger partial charge in [0.15, 0.2) is 5.78 Å². The van der Waals surface area contributed by atoms with Gasteiger partial charge in [0.05, 0.1) is 4.90 Å². The summed E-state index contributed by atoms with van der Waals surface area (Å²) in [5.41, 5.74) is 0.395. The molecule has 1 aromatic rings. The number of likely N-dealkylation sites (N-methyl/N-ethyl adjacent to an activating group) is 1. The quantitative estimate of drug-likeness (QED) is 0.811. The molecule has 2 rings (SSSR count). The van der Waals surface area contributed by atoms with Crippen molar-refractivity contribution in [2.45, 2.75) is 11.8 Å². The zero-order valence-electron chi connectivity index (χ0n) is 11.7. The van der Waals surface area contributed by atoms with Gasteiger partial charge in [0, 0.05) is 31.7 Å². The largest absolute Gasteiger partial charge is 0.304 e. The average molecular weight is 297 g/mol. The molecule has 7 heteroatoms. The molecule has 1 aliphatic rings. The molecule has 1 fully saturated rings. The van der Waals surface area contributed by atoms with Crippen molar-refractivity contribution in [3.05, 3.63) is 29.8 Å². The summed E-state index contributed by atoms with van der Waals surface area (Å²) < 4.78 is 24.6. The fourth-order valence-electron chi connectivity index (χ4n) is 2.00. The lowest BCUT2D eigenvalue weighted by molar-refractivity contribution is 0.101. The summed E-state index contributed by atoms with van der Waals surface area (Å²) in [6.07, 6.45) is 0. The molecule has 0 amide bonds. The first-order valence-electron chi connectivity index (χ1n) is 6.45. The van der Waals surface area contributed by atoms with Crippen LogP contribution in [0.4, 0.5) is 0 Å². The van der Waals surface area contributed by atoms with Crippen LogP contribution in [-0.4, -0.2) is 57.3 Å². The van der Waals surface area contributed by atoms with E-state index < -0.39 is 10.0 Å². The van der Waals surface area contributed by atoms with E-state index in [1.165, 1.54) is 19.1 Å². The standard InChI is InChI=1S/C13H19N3O3S/c1-11(17)12-4-3-5-13(10-12)20(18,19)14-16-8-6-15(2)7-9-16/h3-5,10,14H,6-9H2,1-2H3. The summed E-state index contributed by atoms with van der Waals surface area (Å²) in [6, 6.07) is 6.08. The lowest BCUT2D eigenvalue weighted by Crippen LogP contribution is -2.52. The Labute approximate surface area is 119 Å². The van der Waals surface area contributed by atoms with Gasteiger partial charge in [-0.15, -0.1) is 4.83 Å². The summed E-state index contributed by atoms with van der Waals surface area (Å²) in [5, 5.41) is 1.69. The van der Waals surface area contributed by atoms with E-state index in [9.17, 15) is 13.2 Å². The predicted molar refractivity (Wildman–Crippen MR) is 75.8 cm³/mol. The highest BCUT2D eigenvalue weighted by atomic mass is 32.2. The van der Waals surface area contributed by atoms with E-state index in [0.29, 0.717) is 18.7 Å². The number of sulfonamides is 1. The van der Waals surface area contributed by atoms with Gasteiger partial charge in [-0.25, -0.2) is 13.4 Å². The van der Waals surface area contributed by atoms with Crippen LogP contribution in [-0.2, 0) is 10.0 Å². The van der Waals surface area contributed by atoms with Crippen molar-refractivity contribution < 1.29 is 13.2 Å². The van der Waals surface area contributed by atoms with Crippen LogP contribution >= 0.6 is 0 Å². The normalized spacial score (nSPS) is 18.1. The van der Waals surface area contributed by atoms with Crippen molar-refractivity contribution in [2.75, 3.05) is 33.2 Å². The molecule has 1 saturated heterocycles. The molecule has 0 aromatic heterocycles. The van der Waals surface area contributed by atoms with Crippen LogP contribution < -0.4 is 4.83 Å². The topological polar surface area (TPSA) is 69.7 Å². The summed E-state index contributed by atoms with van der Waals surface area (Å²) >= 11 is 0. The third-order valence-corrected chi connectivity index (χ3v) is 4.68. The maximum absolute atomic E-state index is 12.3. The minimum Gasteiger partial charge on any atom is -0.304 e. The first kappa shape index (κ1) is 15.1. The number of carbonyl (C=O) groups is 1. The average Bonchev–Trinajstić information content (AvgIpc) is 2.41. The Morgan fingerprint density at radius 2 is 1.85 bits per heavy atom. The van der Waals surface area contributed by atoms with Gasteiger partial charge in [-0.3, -0.25) is 4.79 Å². The maximum Gasteiger partial charge on any atom is 0.253 e. The highest BCUT2D eigenvalue weighted by molar-refractivity contribution is 7.89. The number of hydrazine groups is 1. The Balaban J connectivity index is 2.14. The Kier molecular flexibility index (Phi) is 4.54. The highest BCUT2D eigenvalue weighted by Crippen LogP contribution is 2.12. The van der Waals surface area contributed by atoms with Crippen molar-refractivity contribution in [3.8, 4) is 0 Å². The number of benzene rings is 1. The molecule has 0 atom stereocenters. The monoisotopic (exact) mass is 297 g/mol. The smallest absolute Gasteiger partial charge is 0.253 e.